The Morgan fingerprint density at radius 1 is 1.20 bits per heavy atom. The molecule has 0 fully saturated rings. The first-order chi connectivity index (χ1) is 7.08. The van der Waals surface area contributed by atoms with Crippen LogP contribution in [0.3, 0.4) is 0 Å². The van der Waals surface area contributed by atoms with Crippen LogP contribution < -0.4 is 0 Å². The van der Waals surface area contributed by atoms with Crippen LogP contribution in [0.15, 0.2) is 24.3 Å². The molecule has 1 aliphatic heterocycles. The van der Waals surface area contributed by atoms with E-state index < -0.39 is 12.3 Å². The average molecular weight is 208 g/mol. The van der Waals surface area contributed by atoms with E-state index in [4.69, 9.17) is 5.11 Å². The van der Waals surface area contributed by atoms with E-state index in [9.17, 15) is 15.0 Å². The molecule has 0 amide bonds. The van der Waals surface area contributed by atoms with Crippen molar-refractivity contribution in [1.29, 1.82) is 0 Å². The first kappa shape index (κ1) is 9.54. The number of ether oxygens (including phenoxy) is 1. The van der Waals surface area contributed by atoms with Crippen molar-refractivity contribution in [3.05, 3.63) is 29.8 Å². The van der Waals surface area contributed by atoms with Gasteiger partial charge in [-0.15, -0.1) is 0 Å². The molecule has 0 saturated carbocycles. The maximum atomic E-state index is 10.8. The van der Waals surface area contributed by atoms with Crippen LogP contribution in [0.1, 0.15) is 5.56 Å². The zero-order valence-corrected chi connectivity index (χ0v) is 7.54. The Bertz CT molecular complexity index is 449. The molecular formula is C10H8O5. The highest BCUT2D eigenvalue weighted by Gasteiger charge is 2.25. The zero-order valence-electron chi connectivity index (χ0n) is 7.54. The molecule has 5 heteroatoms. The maximum Gasteiger partial charge on any atom is 0.333 e. The molecule has 0 radical (unpaired) electrons. The fourth-order valence-electron chi connectivity index (χ4n) is 1.33. The number of phenolic OH excluding ortho intramolecular Hbond substituents is 2. The molecule has 1 heterocycles. The second-order valence-electron chi connectivity index (χ2n) is 3.09. The Balaban J connectivity index is 2.42. The Labute approximate surface area is 84.9 Å². The first-order valence-electron chi connectivity index (χ1n) is 4.20. The summed E-state index contributed by atoms with van der Waals surface area (Å²) < 4.78 is 4.48. The van der Waals surface area contributed by atoms with Gasteiger partial charge in [0.05, 0.1) is 0 Å². The smallest absolute Gasteiger partial charge is 0.333 e. The molecule has 1 unspecified atom stereocenters. The van der Waals surface area contributed by atoms with Gasteiger partial charge < -0.3 is 20.1 Å². The van der Waals surface area contributed by atoms with Crippen LogP contribution in [-0.4, -0.2) is 27.6 Å². The van der Waals surface area contributed by atoms with Gasteiger partial charge in [-0.2, -0.15) is 0 Å². The molecule has 5 nitrogen and oxygen atoms in total. The molecule has 1 aromatic rings. The van der Waals surface area contributed by atoms with Crippen LogP contribution in [0.5, 0.6) is 11.5 Å². The van der Waals surface area contributed by atoms with E-state index in [-0.39, 0.29) is 17.1 Å². The van der Waals surface area contributed by atoms with Crippen molar-refractivity contribution in [1.82, 2.24) is 0 Å². The summed E-state index contributed by atoms with van der Waals surface area (Å²) in [6, 6.07) is 3.97. The van der Waals surface area contributed by atoms with E-state index in [1.165, 1.54) is 18.2 Å². The number of carbonyl (C=O) groups is 1. The number of carbonyl (C=O) groups excluding carboxylic acids is 1. The van der Waals surface area contributed by atoms with Crippen molar-refractivity contribution in [3.63, 3.8) is 0 Å². The lowest BCUT2D eigenvalue weighted by Gasteiger charge is -2.08. The van der Waals surface area contributed by atoms with Crippen LogP contribution in [-0.2, 0) is 9.53 Å². The maximum absolute atomic E-state index is 10.8. The highest BCUT2D eigenvalue weighted by molar-refractivity contribution is 5.96. The summed E-state index contributed by atoms with van der Waals surface area (Å²) in [5.74, 6) is -1.22. The van der Waals surface area contributed by atoms with E-state index in [1.807, 2.05) is 0 Å². The van der Waals surface area contributed by atoms with Gasteiger partial charge in [0.15, 0.2) is 11.5 Å². The van der Waals surface area contributed by atoms with Crippen LogP contribution in [0, 0.1) is 0 Å². The molecule has 3 N–H and O–H groups in total. The number of aliphatic hydroxyl groups is 1. The molecule has 0 bridgehead atoms. The van der Waals surface area contributed by atoms with Gasteiger partial charge in [0.25, 0.3) is 0 Å². The van der Waals surface area contributed by atoms with E-state index in [2.05, 4.69) is 4.74 Å². The van der Waals surface area contributed by atoms with Crippen LogP contribution in [0.25, 0.3) is 5.57 Å². The van der Waals surface area contributed by atoms with E-state index in [0.717, 1.165) is 6.08 Å². The molecule has 2 rings (SSSR count). The summed E-state index contributed by atoms with van der Waals surface area (Å²) in [4.78, 5) is 10.8. The van der Waals surface area contributed by atoms with E-state index >= 15 is 0 Å². The molecule has 1 atom stereocenters. The monoisotopic (exact) mass is 208 g/mol. The fourth-order valence-corrected chi connectivity index (χ4v) is 1.33. The number of aliphatic hydroxyl groups excluding tert-OH is 1. The summed E-state index contributed by atoms with van der Waals surface area (Å²) in [5, 5.41) is 27.6. The minimum absolute atomic E-state index is 0.260. The topological polar surface area (TPSA) is 87.0 Å². The number of hydrogen-bond acceptors (Lipinski definition) is 5. The van der Waals surface area contributed by atoms with Gasteiger partial charge in [-0.1, -0.05) is 6.07 Å². The Morgan fingerprint density at radius 3 is 2.47 bits per heavy atom. The standard InChI is InChI=1S/C10H8O5/c11-7-2-1-5(3-8(7)12)6-4-9(13)15-10(6)14/h1-4,10-12,14H. The van der Waals surface area contributed by atoms with Gasteiger partial charge in [-0.3, -0.25) is 0 Å². The second kappa shape index (κ2) is 3.29. The quantitative estimate of drug-likeness (QED) is 0.458. The van der Waals surface area contributed by atoms with Crippen LogP contribution in [0.4, 0.5) is 0 Å². The Kier molecular flexibility index (Phi) is 2.09. The highest BCUT2D eigenvalue weighted by atomic mass is 16.6. The molecule has 78 valence electrons. The normalized spacial score (nSPS) is 19.9. The molecule has 1 aliphatic rings. The SMILES string of the molecule is O=C1C=C(c2ccc(O)c(O)c2)C(O)O1. The van der Waals surface area contributed by atoms with E-state index in [0.29, 0.717) is 5.56 Å². The lowest BCUT2D eigenvalue weighted by atomic mass is 10.1. The van der Waals surface area contributed by atoms with E-state index in [1.54, 1.807) is 0 Å². The lowest BCUT2D eigenvalue weighted by molar-refractivity contribution is -0.149. The zero-order chi connectivity index (χ0) is 11.0. The highest BCUT2D eigenvalue weighted by Crippen LogP contribution is 2.31. The number of hydrogen-bond donors (Lipinski definition) is 3. The van der Waals surface area contributed by atoms with Crippen molar-refractivity contribution in [2.75, 3.05) is 0 Å². The van der Waals surface area contributed by atoms with Crippen molar-refractivity contribution in [2.45, 2.75) is 6.29 Å². The number of cyclic esters (lactones) is 1. The second-order valence-corrected chi connectivity index (χ2v) is 3.09. The summed E-state index contributed by atoms with van der Waals surface area (Å²) in [5.41, 5.74) is 0.680. The summed E-state index contributed by atoms with van der Waals surface area (Å²) in [6.45, 7) is 0. The third-order valence-corrected chi connectivity index (χ3v) is 2.08. The molecule has 0 aliphatic carbocycles. The third-order valence-electron chi connectivity index (χ3n) is 2.08. The third kappa shape index (κ3) is 1.64. The van der Waals surface area contributed by atoms with Gasteiger partial charge in [0, 0.05) is 11.6 Å². The van der Waals surface area contributed by atoms with Gasteiger partial charge in [0.2, 0.25) is 6.29 Å². The van der Waals surface area contributed by atoms with Gasteiger partial charge in [-0.05, 0) is 17.7 Å². The number of aromatic hydroxyl groups is 2. The fraction of sp³-hybridized carbons (Fsp3) is 0.100. The summed E-state index contributed by atoms with van der Waals surface area (Å²) in [6.07, 6.45) is -0.183. The molecular weight excluding hydrogens is 200 g/mol. The van der Waals surface area contributed by atoms with Crippen molar-refractivity contribution < 1.29 is 24.9 Å². The Morgan fingerprint density at radius 2 is 1.93 bits per heavy atom. The minimum atomic E-state index is -1.32. The number of esters is 1. The molecule has 1 aromatic carbocycles. The van der Waals surface area contributed by atoms with Crippen molar-refractivity contribution in [2.24, 2.45) is 0 Å². The predicted octanol–water partition coefficient (Wildman–Crippen LogP) is 0.356. The molecule has 0 aromatic heterocycles. The van der Waals surface area contributed by atoms with Crippen molar-refractivity contribution in [3.8, 4) is 11.5 Å². The molecule has 0 saturated heterocycles. The van der Waals surface area contributed by atoms with Crippen molar-refractivity contribution >= 4 is 11.5 Å². The van der Waals surface area contributed by atoms with Crippen LogP contribution >= 0.6 is 0 Å². The lowest BCUT2D eigenvalue weighted by Crippen LogP contribution is -2.09. The number of rotatable bonds is 1. The average Bonchev–Trinajstić information content (AvgIpc) is 2.50. The van der Waals surface area contributed by atoms with Gasteiger partial charge >= 0.3 is 5.97 Å². The summed E-state index contributed by atoms with van der Waals surface area (Å²) in [7, 11) is 0. The molecule has 15 heavy (non-hydrogen) atoms. The number of benzene rings is 1. The summed E-state index contributed by atoms with van der Waals surface area (Å²) >= 11 is 0. The largest absolute Gasteiger partial charge is 0.504 e. The Hall–Kier alpha value is -2.01. The predicted molar refractivity (Wildman–Crippen MR) is 49.8 cm³/mol. The first-order valence-corrected chi connectivity index (χ1v) is 4.20. The van der Waals surface area contributed by atoms with Gasteiger partial charge in [0.1, 0.15) is 0 Å². The van der Waals surface area contributed by atoms with Crippen LogP contribution in [0.2, 0.25) is 0 Å². The minimum Gasteiger partial charge on any atom is -0.504 e. The van der Waals surface area contributed by atoms with Gasteiger partial charge in [-0.25, -0.2) is 4.79 Å². The number of phenols is 2. The molecule has 0 spiro atoms.